The summed E-state index contributed by atoms with van der Waals surface area (Å²) in [4.78, 5) is 11.0. The summed E-state index contributed by atoms with van der Waals surface area (Å²) < 4.78 is 3.23. The summed E-state index contributed by atoms with van der Waals surface area (Å²) >= 11 is 0. The number of aryl methyl sites for hydroxylation is 2. The molecular weight excluding hydrogens is 220 g/mol. The van der Waals surface area contributed by atoms with Gasteiger partial charge in [-0.3, -0.25) is 9.48 Å². The van der Waals surface area contributed by atoms with Gasteiger partial charge < -0.3 is 11.5 Å². The average molecular weight is 234 g/mol. The molecule has 2 rings (SSSR count). The number of hydrogen-bond acceptors (Lipinski definition) is 4. The third-order valence-electron chi connectivity index (χ3n) is 2.60. The molecule has 2 aromatic heterocycles. The SMILES string of the molecule is Cc1nn(C)c(-n2cc(C(N)=O)cn2)c1CN. The highest BCUT2D eigenvalue weighted by molar-refractivity contribution is 5.92. The van der Waals surface area contributed by atoms with Crippen LogP contribution in [0.4, 0.5) is 0 Å². The summed E-state index contributed by atoms with van der Waals surface area (Å²) in [5, 5.41) is 8.36. The van der Waals surface area contributed by atoms with Gasteiger partial charge >= 0.3 is 0 Å². The first kappa shape index (κ1) is 11.3. The molecule has 0 unspecified atom stereocenters. The Kier molecular flexibility index (Phi) is 2.68. The number of carbonyl (C=O) groups excluding carboxylic acids is 1. The fraction of sp³-hybridized carbons (Fsp3) is 0.300. The van der Waals surface area contributed by atoms with Gasteiger partial charge in [-0.05, 0) is 6.92 Å². The van der Waals surface area contributed by atoms with E-state index in [9.17, 15) is 4.79 Å². The lowest BCUT2D eigenvalue weighted by molar-refractivity contribution is 0.100. The second-order valence-corrected chi connectivity index (χ2v) is 3.75. The van der Waals surface area contributed by atoms with Crippen molar-refractivity contribution in [1.29, 1.82) is 0 Å². The largest absolute Gasteiger partial charge is 0.366 e. The smallest absolute Gasteiger partial charge is 0.251 e. The van der Waals surface area contributed by atoms with E-state index < -0.39 is 5.91 Å². The number of hydrogen-bond donors (Lipinski definition) is 2. The molecule has 7 heteroatoms. The van der Waals surface area contributed by atoms with Gasteiger partial charge in [-0.15, -0.1) is 0 Å². The minimum atomic E-state index is -0.510. The molecule has 0 saturated heterocycles. The van der Waals surface area contributed by atoms with E-state index in [-0.39, 0.29) is 0 Å². The van der Waals surface area contributed by atoms with Crippen molar-refractivity contribution in [3.05, 3.63) is 29.2 Å². The summed E-state index contributed by atoms with van der Waals surface area (Å²) in [6.07, 6.45) is 2.99. The van der Waals surface area contributed by atoms with Crippen LogP contribution in [0, 0.1) is 6.92 Å². The van der Waals surface area contributed by atoms with Gasteiger partial charge in [0.2, 0.25) is 0 Å². The lowest BCUT2D eigenvalue weighted by Crippen LogP contribution is -2.10. The zero-order valence-corrected chi connectivity index (χ0v) is 9.71. The van der Waals surface area contributed by atoms with Crippen molar-refractivity contribution in [2.45, 2.75) is 13.5 Å². The summed E-state index contributed by atoms with van der Waals surface area (Å²) in [7, 11) is 1.80. The van der Waals surface area contributed by atoms with E-state index in [1.807, 2.05) is 6.92 Å². The molecule has 0 spiro atoms. The predicted octanol–water partition coefficient (Wildman–Crippen LogP) is -0.528. The van der Waals surface area contributed by atoms with Crippen LogP contribution in [0.25, 0.3) is 5.82 Å². The van der Waals surface area contributed by atoms with Gasteiger partial charge in [0.1, 0.15) is 0 Å². The Labute approximate surface area is 98.0 Å². The van der Waals surface area contributed by atoms with Gasteiger partial charge in [-0.1, -0.05) is 0 Å². The normalized spacial score (nSPS) is 10.8. The number of rotatable bonds is 3. The summed E-state index contributed by atoms with van der Waals surface area (Å²) in [5.41, 5.74) is 13.0. The Morgan fingerprint density at radius 3 is 2.76 bits per heavy atom. The quantitative estimate of drug-likeness (QED) is 0.744. The maximum absolute atomic E-state index is 11.0. The molecule has 1 amide bonds. The van der Waals surface area contributed by atoms with Crippen molar-refractivity contribution in [2.24, 2.45) is 18.5 Å². The second-order valence-electron chi connectivity index (χ2n) is 3.75. The Hall–Kier alpha value is -2.15. The molecule has 0 aliphatic rings. The van der Waals surface area contributed by atoms with Crippen LogP contribution in [-0.2, 0) is 13.6 Å². The minimum absolute atomic E-state index is 0.354. The highest BCUT2D eigenvalue weighted by atomic mass is 16.1. The van der Waals surface area contributed by atoms with E-state index in [2.05, 4.69) is 10.2 Å². The van der Waals surface area contributed by atoms with E-state index in [0.29, 0.717) is 12.1 Å². The van der Waals surface area contributed by atoms with Crippen molar-refractivity contribution in [3.8, 4) is 5.82 Å². The highest BCUT2D eigenvalue weighted by Gasteiger charge is 2.15. The van der Waals surface area contributed by atoms with E-state index in [1.165, 1.54) is 6.20 Å². The molecule has 0 fully saturated rings. The average Bonchev–Trinajstić information content (AvgIpc) is 2.82. The third kappa shape index (κ3) is 1.80. The maximum atomic E-state index is 11.0. The number of nitrogens with zero attached hydrogens (tertiary/aromatic N) is 4. The van der Waals surface area contributed by atoms with Gasteiger partial charge in [-0.2, -0.15) is 10.2 Å². The molecule has 0 atom stereocenters. The molecule has 0 saturated carbocycles. The monoisotopic (exact) mass is 234 g/mol. The Morgan fingerprint density at radius 1 is 1.53 bits per heavy atom. The standard InChI is InChI=1S/C10H14N6O/c1-6-8(3-11)10(15(2)14-6)16-5-7(4-13-16)9(12)17/h4-5H,3,11H2,1-2H3,(H2,12,17). The first-order chi connectivity index (χ1) is 8.04. The molecule has 0 aliphatic carbocycles. The molecule has 17 heavy (non-hydrogen) atoms. The molecule has 2 heterocycles. The van der Waals surface area contributed by atoms with Crippen molar-refractivity contribution >= 4 is 5.91 Å². The van der Waals surface area contributed by atoms with Crippen molar-refractivity contribution in [1.82, 2.24) is 19.6 Å². The molecular formula is C10H14N6O. The molecule has 2 aromatic rings. The van der Waals surface area contributed by atoms with Crippen molar-refractivity contribution < 1.29 is 4.79 Å². The van der Waals surface area contributed by atoms with E-state index >= 15 is 0 Å². The van der Waals surface area contributed by atoms with Crippen LogP contribution in [0.5, 0.6) is 0 Å². The maximum Gasteiger partial charge on any atom is 0.251 e. The molecule has 90 valence electrons. The first-order valence-corrected chi connectivity index (χ1v) is 5.12. The highest BCUT2D eigenvalue weighted by Crippen LogP contribution is 2.16. The number of nitrogens with two attached hydrogens (primary N) is 2. The predicted molar refractivity (Wildman–Crippen MR) is 61.5 cm³/mol. The number of amides is 1. The number of carbonyl (C=O) groups is 1. The van der Waals surface area contributed by atoms with Crippen molar-refractivity contribution in [3.63, 3.8) is 0 Å². The summed E-state index contributed by atoms with van der Waals surface area (Å²) in [6, 6.07) is 0. The Balaban J connectivity index is 2.55. The lowest BCUT2D eigenvalue weighted by Gasteiger charge is -2.04. The Morgan fingerprint density at radius 2 is 2.24 bits per heavy atom. The van der Waals surface area contributed by atoms with E-state index in [4.69, 9.17) is 11.5 Å². The molecule has 0 bridgehead atoms. The summed E-state index contributed by atoms with van der Waals surface area (Å²) in [6.45, 7) is 2.24. The molecule has 0 radical (unpaired) electrons. The molecule has 0 aliphatic heterocycles. The fourth-order valence-electron chi connectivity index (χ4n) is 1.78. The van der Waals surface area contributed by atoms with Crippen LogP contribution in [0.2, 0.25) is 0 Å². The Bertz CT molecular complexity index is 567. The van der Waals surface area contributed by atoms with Gasteiger partial charge in [0.25, 0.3) is 5.91 Å². The number of primary amides is 1. The van der Waals surface area contributed by atoms with Gasteiger partial charge in [0.15, 0.2) is 5.82 Å². The van der Waals surface area contributed by atoms with Crippen LogP contribution in [0.3, 0.4) is 0 Å². The fourth-order valence-corrected chi connectivity index (χ4v) is 1.78. The van der Waals surface area contributed by atoms with Gasteiger partial charge in [0.05, 0.1) is 17.5 Å². The van der Waals surface area contributed by atoms with Crippen molar-refractivity contribution in [2.75, 3.05) is 0 Å². The van der Waals surface area contributed by atoms with Crippen LogP contribution in [-0.4, -0.2) is 25.5 Å². The van der Waals surface area contributed by atoms with Crippen LogP contribution >= 0.6 is 0 Å². The minimum Gasteiger partial charge on any atom is -0.366 e. The molecule has 7 nitrogen and oxygen atoms in total. The van der Waals surface area contributed by atoms with Gasteiger partial charge in [-0.25, -0.2) is 4.68 Å². The van der Waals surface area contributed by atoms with E-state index in [1.54, 1.807) is 22.6 Å². The second kappa shape index (κ2) is 4.02. The zero-order valence-electron chi connectivity index (χ0n) is 9.71. The summed E-state index contributed by atoms with van der Waals surface area (Å²) in [5.74, 6) is 0.238. The first-order valence-electron chi connectivity index (χ1n) is 5.12. The lowest BCUT2D eigenvalue weighted by atomic mass is 10.2. The van der Waals surface area contributed by atoms with E-state index in [0.717, 1.165) is 17.1 Å². The zero-order chi connectivity index (χ0) is 12.6. The third-order valence-corrected chi connectivity index (χ3v) is 2.60. The number of aromatic nitrogens is 4. The molecule has 4 N–H and O–H groups in total. The molecule has 0 aromatic carbocycles. The van der Waals surface area contributed by atoms with Crippen LogP contribution in [0.15, 0.2) is 12.4 Å². The van der Waals surface area contributed by atoms with Crippen LogP contribution < -0.4 is 11.5 Å². The van der Waals surface area contributed by atoms with Gasteiger partial charge in [0, 0.05) is 25.4 Å². The van der Waals surface area contributed by atoms with Crippen LogP contribution in [0.1, 0.15) is 21.6 Å². The topological polar surface area (TPSA) is 105 Å².